The van der Waals surface area contributed by atoms with Crippen LogP contribution in [-0.4, -0.2) is 18.5 Å². The summed E-state index contributed by atoms with van der Waals surface area (Å²) in [4.78, 5) is 25.8. The summed E-state index contributed by atoms with van der Waals surface area (Å²) in [5.74, 6) is -13.2. The largest absolute Gasteiger partial charge is 0.462 e. The molecule has 0 saturated heterocycles. The van der Waals surface area contributed by atoms with Crippen LogP contribution in [0.1, 0.15) is 57.8 Å². The van der Waals surface area contributed by atoms with E-state index >= 15 is 0 Å². The second-order valence-electron chi connectivity index (χ2n) is 7.09. The van der Waals surface area contributed by atoms with Crippen LogP contribution in [0, 0.1) is 35.0 Å². The molecule has 3 rings (SSSR count). The Morgan fingerprint density at radius 3 is 2.23 bits per heavy atom. The van der Waals surface area contributed by atoms with Crippen molar-refractivity contribution < 1.29 is 36.3 Å². The second-order valence-corrected chi connectivity index (χ2v) is 8.20. The number of halogens is 5. The number of anilines is 1. The SMILES string of the molecule is CCCOC(=O)c1c(NC(=O)c2c(F)c(F)c(F)c(F)c2F)sc2c1CC[C@@H](C)C2. The molecule has 1 aliphatic rings. The smallest absolute Gasteiger partial charge is 0.341 e. The molecule has 1 atom stereocenters. The highest BCUT2D eigenvalue weighted by Gasteiger charge is 2.33. The van der Waals surface area contributed by atoms with Crippen molar-refractivity contribution in [1.82, 2.24) is 0 Å². The van der Waals surface area contributed by atoms with Crippen molar-refractivity contribution in [2.24, 2.45) is 5.92 Å². The predicted molar refractivity (Wildman–Crippen MR) is 100 cm³/mol. The lowest BCUT2D eigenvalue weighted by atomic mass is 9.88. The third-order valence-electron chi connectivity index (χ3n) is 4.82. The molecule has 2 aromatic rings. The van der Waals surface area contributed by atoms with Crippen LogP contribution in [0.4, 0.5) is 27.0 Å². The monoisotopic (exact) mass is 447 g/mol. The fourth-order valence-corrected chi connectivity index (χ4v) is 4.69. The van der Waals surface area contributed by atoms with Crippen molar-refractivity contribution >= 4 is 28.2 Å². The fraction of sp³-hybridized carbons (Fsp3) is 0.400. The normalized spacial score (nSPS) is 15.6. The van der Waals surface area contributed by atoms with Gasteiger partial charge in [0.2, 0.25) is 5.82 Å². The summed E-state index contributed by atoms with van der Waals surface area (Å²) in [6.45, 7) is 3.94. The molecule has 0 aliphatic heterocycles. The third-order valence-corrected chi connectivity index (χ3v) is 5.99. The Balaban J connectivity index is 2.03. The first kappa shape index (κ1) is 22.2. The highest BCUT2D eigenvalue weighted by molar-refractivity contribution is 7.17. The van der Waals surface area contributed by atoms with Crippen LogP contribution in [0.3, 0.4) is 0 Å². The Morgan fingerprint density at radius 2 is 1.63 bits per heavy atom. The number of nitrogens with one attached hydrogen (secondary N) is 1. The van der Waals surface area contributed by atoms with Crippen LogP contribution in [0.15, 0.2) is 0 Å². The van der Waals surface area contributed by atoms with Crippen molar-refractivity contribution in [3.63, 3.8) is 0 Å². The summed E-state index contributed by atoms with van der Waals surface area (Å²) in [5.41, 5.74) is -0.876. The van der Waals surface area contributed by atoms with Crippen molar-refractivity contribution in [3.05, 3.63) is 50.7 Å². The van der Waals surface area contributed by atoms with Gasteiger partial charge in [-0.3, -0.25) is 4.79 Å². The molecule has 1 aromatic heterocycles. The third kappa shape index (κ3) is 3.92. The molecule has 0 bridgehead atoms. The minimum atomic E-state index is -2.36. The molecule has 1 heterocycles. The molecular formula is C20H18F5NO3S. The highest BCUT2D eigenvalue weighted by Crippen LogP contribution is 2.40. The molecule has 0 fully saturated rings. The predicted octanol–water partition coefficient (Wildman–Crippen LogP) is 5.39. The number of rotatable bonds is 5. The zero-order valence-electron chi connectivity index (χ0n) is 16.1. The standard InChI is InChI=1S/C20H18F5NO3S/c1-3-6-29-20(28)11-9-5-4-8(2)7-10(9)30-19(11)26-18(27)12-13(21)15(23)17(25)16(24)14(12)22/h8H,3-7H2,1-2H3,(H,26,27)/t8-/m1/s1. The minimum absolute atomic E-state index is 0.0378. The second kappa shape index (κ2) is 8.71. The van der Waals surface area contributed by atoms with Crippen molar-refractivity contribution in [2.45, 2.75) is 39.5 Å². The minimum Gasteiger partial charge on any atom is -0.462 e. The lowest BCUT2D eigenvalue weighted by molar-refractivity contribution is 0.0505. The van der Waals surface area contributed by atoms with E-state index in [0.717, 1.165) is 22.6 Å². The van der Waals surface area contributed by atoms with Crippen LogP contribution in [-0.2, 0) is 17.6 Å². The van der Waals surface area contributed by atoms with Gasteiger partial charge in [0.05, 0.1) is 12.2 Å². The van der Waals surface area contributed by atoms with E-state index in [9.17, 15) is 31.5 Å². The van der Waals surface area contributed by atoms with Crippen molar-refractivity contribution in [3.8, 4) is 0 Å². The van der Waals surface area contributed by atoms with Crippen molar-refractivity contribution in [2.75, 3.05) is 11.9 Å². The Morgan fingerprint density at radius 1 is 1.03 bits per heavy atom. The van der Waals surface area contributed by atoms with Crippen LogP contribution in [0.25, 0.3) is 0 Å². The van der Waals surface area contributed by atoms with E-state index in [0.29, 0.717) is 30.7 Å². The first-order valence-electron chi connectivity index (χ1n) is 9.31. The van der Waals surface area contributed by atoms with Gasteiger partial charge in [0.25, 0.3) is 5.91 Å². The molecule has 1 aliphatic carbocycles. The molecule has 0 unspecified atom stereocenters. The van der Waals surface area contributed by atoms with E-state index in [2.05, 4.69) is 5.32 Å². The van der Waals surface area contributed by atoms with Gasteiger partial charge in [-0.25, -0.2) is 26.7 Å². The zero-order valence-corrected chi connectivity index (χ0v) is 17.0. The summed E-state index contributed by atoms with van der Waals surface area (Å²) < 4.78 is 73.3. The number of hydrogen-bond donors (Lipinski definition) is 1. The molecule has 1 aromatic carbocycles. The average Bonchev–Trinajstić information content (AvgIpc) is 3.05. The van der Waals surface area contributed by atoms with Gasteiger partial charge < -0.3 is 10.1 Å². The Labute approximate surface area is 173 Å². The van der Waals surface area contributed by atoms with E-state index in [1.54, 1.807) is 6.92 Å². The maximum absolute atomic E-state index is 14.0. The lowest BCUT2D eigenvalue weighted by Gasteiger charge is -2.18. The van der Waals surface area contributed by atoms with Gasteiger partial charge in [0.15, 0.2) is 23.3 Å². The van der Waals surface area contributed by atoms with Crippen LogP contribution >= 0.6 is 11.3 Å². The topological polar surface area (TPSA) is 55.4 Å². The molecular weight excluding hydrogens is 429 g/mol. The van der Waals surface area contributed by atoms with E-state index in [-0.39, 0.29) is 17.2 Å². The van der Waals surface area contributed by atoms with Gasteiger partial charge in [-0.05, 0) is 37.2 Å². The summed E-state index contributed by atoms with van der Waals surface area (Å²) >= 11 is 1.03. The van der Waals surface area contributed by atoms with Gasteiger partial charge in [-0.2, -0.15) is 0 Å². The first-order chi connectivity index (χ1) is 14.2. The van der Waals surface area contributed by atoms with Gasteiger partial charge in [-0.15, -0.1) is 11.3 Å². The Kier molecular flexibility index (Phi) is 6.44. The number of amides is 1. The van der Waals surface area contributed by atoms with Gasteiger partial charge in [0.1, 0.15) is 10.6 Å². The number of esters is 1. The van der Waals surface area contributed by atoms with E-state index < -0.39 is 46.5 Å². The van der Waals surface area contributed by atoms with E-state index in [1.165, 1.54) is 0 Å². The Bertz CT molecular complexity index is 992. The summed E-state index contributed by atoms with van der Waals surface area (Å²) in [6, 6.07) is 0. The van der Waals surface area contributed by atoms with Crippen LogP contribution < -0.4 is 5.32 Å². The number of thiophene rings is 1. The molecule has 0 saturated carbocycles. The molecule has 4 nitrogen and oxygen atoms in total. The summed E-state index contributed by atoms with van der Waals surface area (Å²) in [5, 5.41) is 2.12. The number of carbonyl (C=O) groups excluding carboxylic acids is 2. The fourth-order valence-electron chi connectivity index (χ4n) is 3.29. The molecule has 0 spiro atoms. The van der Waals surface area contributed by atoms with E-state index in [4.69, 9.17) is 4.74 Å². The molecule has 30 heavy (non-hydrogen) atoms. The molecule has 162 valence electrons. The summed E-state index contributed by atoms with van der Waals surface area (Å²) in [7, 11) is 0. The number of fused-ring (bicyclic) bond motifs is 1. The number of benzene rings is 1. The van der Waals surface area contributed by atoms with Gasteiger partial charge >= 0.3 is 5.97 Å². The van der Waals surface area contributed by atoms with Crippen LogP contribution in [0.5, 0.6) is 0 Å². The van der Waals surface area contributed by atoms with Gasteiger partial charge in [0, 0.05) is 4.88 Å². The highest BCUT2D eigenvalue weighted by atomic mass is 32.1. The summed E-state index contributed by atoms with van der Waals surface area (Å²) in [6.07, 6.45) is 2.53. The number of carbonyl (C=O) groups is 2. The lowest BCUT2D eigenvalue weighted by Crippen LogP contribution is -2.20. The first-order valence-corrected chi connectivity index (χ1v) is 10.1. The molecule has 1 N–H and O–H groups in total. The zero-order chi connectivity index (χ0) is 22.2. The maximum atomic E-state index is 14.0. The molecule has 10 heteroatoms. The van der Waals surface area contributed by atoms with Crippen molar-refractivity contribution in [1.29, 1.82) is 0 Å². The quantitative estimate of drug-likeness (QED) is 0.290. The van der Waals surface area contributed by atoms with Gasteiger partial charge in [-0.1, -0.05) is 13.8 Å². The molecule has 0 radical (unpaired) electrons. The number of ether oxygens (including phenoxy) is 1. The number of hydrogen-bond acceptors (Lipinski definition) is 4. The molecule has 1 amide bonds. The maximum Gasteiger partial charge on any atom is 0.341 e. The Hall–Kier alpha value is -2.49. The van der Waals surface area contributed by atoms with Crippen LogP contribution in [0.2, 0.25) is 0 Å². The average molecular weight is 447 g/mol. The van der Waals surface area contributed by atoms with E-state index in [1.807, 2.05) is 6.92 Å².